The highest BCUT2D eigenvalue weighted by molar-refractivity contribution is 9.10. The number of hydrogen-bond donors (Lipinski definition) is 1. The number of carboxylic acids is 1. The van der Waals surface area contributed by atoms with E-state index in [0.717, 1.165) is 4.47 Å². The van der Waals surface area contributed by atoms with Gasteiger partial charge in [-0.3, -0.25) is 4.79 Å². The Bertz CT molecular complexity index is 568. The van der Waals surface area contributed by atoms with Crippen LogP contribution in [0.25, 0.3) is 0 Å². The van der Waals surface area contributed by atoms with Crippen LogP contribution in [0.4, 0.5) is 4.39 Å². The number of amides is 1. The van der Waals surface area contributed by atoms with Gasteiger partial charge in [0.2, 0.25) is 11.6 Å². The molecule has 1 aromatic carbocycles. The second-order valence-electron chi connectivity index (χ2n) is 5.25. The van der Waals surface area contributed by atoms with E-state index in [4.69, 9.17) is 9.84 Å². The molecule has 2 rings (SSSR count). The number of aliphatic carboxylic acids is 1. The van der Waals surface area contributed by atoms with Gasteiger partial charge < -0.3 is 14.7 Å². The average molecular weight is 374 g/mol. The van der Waals surface area contributed by atoms with Crippen LogP contribution in [0.5, 0.6) is 5.75 Å². The molecule has 7 heteroatoms. The van der Waals surface area contributed by atoms with Crippen LogP contribution in [0.1, 0.15) is 19.3 Å². The van der Waals surface area contributed by atoms with Crippen LogP contribution >= 0.6 is 15.9 Å². The zero-order valence-corrected chi connectivity index (χ0v) is 13.5. The van der Waals surface area contributed by atoms with Gasteiger partial charge in [-0.05, 0) is 24.6 Å². The molecule has 0 spiro atoms. The molecule has 1 saturated heterocycles. The lowest BCUT2D eigenvalue weighted by Crippen LogP contribution is -2.38. The van der Waals surface area contributed by atoms with Crippen LogP contribution in [0, 0.1) is 0 Å². The molecule has 1 N–H and O–H groups in total. The van der Waals surface area contributed by atoms with E-state index in [-0.39, 0.29) is 31.8 Å². The third-order valence-electron chi connectivity index (χ3n) is 3.56. The van der Waals surface area contributed by atoms with Crippen LogP contribution in [0.2, 0.25) is 0 Å². The number of halogens is 2. The summed E-state index contributed by atoms with van der Waals surface area (Å²) in [6.45, 7) is 0.150. The molecule has 1 amide bonds. The van der Waals surface area contributed by atoms with Gasteiger partial charge in [-0.2, -0.15) is 0 Å². The monoisotopic (exact) mass is 373 g/mol. The second-order valence-corrected chi connectivity index (χ2v) is 6.16. The molecule has 1 fully saturated rings. The lowest BCUT2D eigenvalue weighted by Gasteiger charge is -2.17. The fraction of sp³-hybridized carbons (Fsp3) is 0.467. The number of nitrogens with zero attached hydrogens (tertiary/aromatic N) is 1. The largest absolute Gasteiger partial charge is 0.494 e. The van der Waals surface area contributed by atoms with E-state index in [1.165, 1.54) is 4.90 Å². The normalized spacial score (nSPS) is 20.9. The summed E-state index contributed by atoms with van der Waals surface area (Å²) in [5.74, 6) is -1.03. The Morgan fingerprint density at radius 1 is 1.45 bits per heavy atom. The SMILES string of the molecule is O=C(CCCOc1cccc(Br)c1)N1CCC(F)(C(=O)O)C1. The van der Waals surface area contributed by atoms with E-state index in [2.05, 4.69) is 15.9 Å². The zero-order chi connectivity index (χ0) is 16.2. The van der Waals surface area contributed by atoms with Gasteiger partial charge in [-0.15, -0.1) is 0 Å². The molecule has 1 aliphatic rings. The maximum absolute atomic E-state index is 13.9. The highest BCUT2D eigenvalue weighted by atomic mass is 79.9. The van der Waals surface area contributed by atoms with Crippen molar-refractivity contribution in [1.29, 1.82) is 0 Å². The molecule has 0 aromatic heterocycles. The number of carboxylic acid groups (broad SMARTS) is 1. The second kappa shape index (κ2) is 7.09. The predicted molar refractivity (Wildman–Crippen MR) is 81.5 cm³/mol. The Morgan fingerprint density at radius 2 is 2.23 bits per heavy atom. The van der Waals surface area contributed by atoms with Crippen molar-refractivity contribution in [2.24, 2.45) is 0 Å². The van der Waals surface area contributed by atoms with Crippen molar-refractivity contribution < 1.29 is 23.8 Å². The summed E-state index contributed by atoms with van der Waals surface area (Å²) < 4.78 is 20.3. The standard InChI is InChI=1S/C15H17BrFNO4/c16-11-3-1-4-12(9-11)22-8-2-5-13(19)18-7-6-15(17,10-18)14(20)21/h1,3-4,9H,2,5-8,10H2,(H,20,21). The molecule has 5 nitrogen and oxygen atoms in total. The zero-order valence-electron chi connectivity index (χ0n) is 11.9. The molecule has 120 valence electrons. The lowest BCUT2D eigenvalue weighted by molar-refractivity contribution is -0.150. The maximum Gasteiger partial charge on any atom is 0.343 e. The Labute approximate surface area is 136 Å². The molecule has 0 aliphatic carbocycles. The van der Waals surface area contributed by atoms with Gasteiger partial charge in [0, 0.05) is 23.9 Å². The molecule has 1 atom stereocenters. The fourth-order valence-electron chi connectivity index (χ4n) is 2.29. The van der Waals surface area contributed by atoms with Crippen molar-refractivity contribution in [3.63, 3.8) is 0 Å². The van der Waals surface area contributed by atoms with Crippen molar-refractivity contribution in [3.05, 3.63) is 28.7 Å². The van der Waals surface area contributed by atoms with Gasteiger partial charge in [-0.25, -0.2) is 9.18 Å². The molecular weight excluding hydrogens is 357 g/mol. The van der Waals surface area contributed by atoms with Gasteiger partial charge >= 0.3 is 5.97 Å². The topological polar surface area (TPSA) is 66.8 Å². The maximum atomic E-state index is 13.9. The number of ether oxygens (including phenoxy) is 1. The number of rotatable bonds is 6. The molecule has 22 heavy (non-hydrogen) atoms. The van der Waals surface area contributed by atoms with E-state index < -0.39 is 11.6 Å². The first-order valence-corrected chi connectivity index (χ1v) is 7.78. The van der Waals surface area contributed by atoms with Crippen LogP contribution in [-0.4, -0.2) is 47.2 Å². The van der Waals surface area contributed by atoms with Crippen molar-refractivity contribution >= 4 is 27.8 Å². The van der Waals surface area contributed by atoms with E-state index >= 15 is 0 Å². The summed E-state index contributed by atoms with van der Waals surface area (Å²) in [6, 6.07) is 7.38. The first kappa shape index (κ1) is 16.7. The highest BCUT2D eigenvalue weighted by Gasteiger charge is 2.46. The summed E-state index contributed by atoms with van der Waals surface area (Å²) in [5.41, 5.74) is -2.30. The summed E-state index contributed by atoms with van der Waals surface area (Å²) in [5, 5.41) is 8.80. The first-order valence-electron chi connectivity index (χ1n) is 6.99. The molecule has 0 bridgehead atoms. The molecule has 1 heterocycles. The Morgan fingerprint density at radius 3 is 2.86 bits per heavy atom. The van der Waals surface area contributed by atoms with Crippen LogP contribution in [0.15, 0.2) is 28.7 Å². The summed E-state index contributed by atoms with van der Waals surface area (Å²) in [6.07, 6.45) is 0.556. The minimum atomic E-state index is -2.30. The Kier molecular flexibility index (Phi) is 5.39. The summed E-state index contributed by atoms with van der Waals surface area (Å²) in [7, 11) is 0. The molecule has 0 radical (unpaired) electrons. The quantitative estimate of drug-likeness (QED) is 0.778. The lowest BCUT2D eigenvalue weighted by atomic mass is 10.1. The van der Waals surface area contributed by atoms with Gasteiger partial charge in [0.05, 0.1) is 13.2 Å². The number of likely N-dealkylation sites (tertiary alicyclic amines) is 1. The molecule has 1 unspecified atom stereocenters. The van der Waals surface area contributed by atoms with E-state index in [1.54, 1.807) is 0 Å². The van der Waals surface area contributed by atoms with Crippen molar-refractivity contribution in [1.82, 2.24) is 4.90 Å². The average Bonchev–Trinajstić information content (AvgIpc) is 2.88. The van der Waals surface area contributed by atoms with Crippen molar-refractivity contribution in [3.8, 4) is 5.75 Å². The van der Waals surface area contributed by atoms with Crippen LogP contribution in [-0.2, 0) is 9.59 Å². The van der Waals surface area contributed by atoms with E-state index in [9.17, 15) is 14.0 Å². The van der Waals surface area contributed by atoms with Gasteiger partial charge in [-0.1, -0.05) is 22.0 Å². The van der Waals surface area contributed by atoms with Gasteiger partial charge in [0.15, 0.2) is 0 Å². The number of carbonyl (C=O) groups is 2. The third-order valence-corrected chi connectivity index (χ3v) is 4.05. The Hall–Kier alpha value is -1.63. The van der Waals surface area contributed by atoms with E-state index in [0.29, 0.717) is 18.8 Å². The highest BCUT2D eigenvalue weighted by Crippen LogP contribution is 2.26. The van der Waals surface area contributed by atoms with Gasteiger partial charge in [0.25, 0.3) is 0 Å². The number of benzene rings is 1. The third kappa shape index (κ3) is 4.19. The molecular formula is C15H17BrFNO4. The van der Waals surface area contributed by atoms with Crippen LogP contribution < -0.4 is 4.74 Å². The number of alkyl halides is 1. The van der Waals surface area contributed by atoms with Crippen molar-refractivity contribution in [2.75, 3.05) is 19.7 Å². The first-order chi connectivity index (χ1) is 10.4. The number of carbonyl (C=O) groups excluding carboxylic acids is 1. The van der Waals surface area contributed by atoms with Gasteiger partial charge in [0.1, 0.15) is 5.75 Å². The minimum Gasteiger partial charge on any atom is -0.494 e. The summed E-state index contributed by atoms with van der Waals surface area (Å²) >= 11 is 3.34. The Balaban J connectivity index is 1.71. The van der Waals surface area contributed by atoms with Crippen LogP contribution in [0.3, 0.4) is 0 Å². The number of hydrogen-bond acceptors (Lipinski definition) is 3. The molecule has 0 saturated carbocycles. The minimum absolute atomic E-state index is 0.147. The smallest absolute Gasteiger partial charge is 0.343 e. The fourth-order valence-corrected chi connectivity index (χ4v) is 2.67. The molecule has 1 aliphatic heterocycles. The summed E-state index contributed by atoms with van der Waals surface area (Å²) in [4.78, 5) is 24.0. The predicted octanol–water partition coefficient (Wildman–Crippen LogP) is 2.63. The molecule has 1 aromatic rings. The van der Waals surface area contributed by atoms with Crippen molar-refractivity contribution in [2.45, 2.75) is 24.9 Å². The van der Waals surface area contributed by atoms with E-state index in [1.807, 2.05) is 24.3 Å².